The predicted octanol–water partition coefficient (Wildman–Crippen LogP) is 4.00. The number of aliphatic hydroxyl groups is 1. The molecule has 1 unspecified atom stereocenters. The number of carbonyl (C=O) groups excluding carboxylic acids is 1. The van der Waals surface area contributed by atoms with Crippen molar-refractivity contribution in [1.82, 2.24) is 19.6 Å². The van der Waals surface area contributed by atoms with Crippen molar-refractivity contribution < 1.29 is 19.2 Å². The summed E-state index contributed by atoms with van der Waals surface area (Å²) in [6, 6.07) is 16.5. The molecule has 3 aromatic rings. The Kier molecular flexibility index (Phi) is 10.2. The lowest BCUT2D eigenvalue weighted by molar-refractivity contribution is -0.129. The van der Waals surface area contributed by atoms with Crippen molar-refractivity contribution in [1.29, 1.82) is 0 Å². The number of hydrogen-bond donors (Lipinski definition) is 2. The van der Waals surface area contributed by atoms with Gasteiger partial charge in [0.2, 0.25) is 5.91 Å². The third-order valence-electron chi connectivity index (χ3n) is 9.79. The van der Waals surface area contributed by atoms with E-state index in [0.29, 0.717) is 17.2 Å². The van der Waals surface area contributed by atoms with Crippen molar-refractivity contribution in [2.24, 2.45) is 5.41 Å². The van der Waals surface area contributed by atoms with Gasteiger partial charge in [0.05, 0.1) is 18.8 Å². The highest BCUT2D eigenvalue weighted by molar-refractivity contribution is 7.90. The maximum atomic E-state index is 13.2. The van der Waals surface area contributed by atoms with Gasteiger partial charge < -0.3 is 29.1 Å². The number of aliphatic hydroxyl groups excluding tert-OH is 1. The first kappa shape index (κ1) is 34.1. The van der Waals surface area contributed by atoms with Crippen LogP contribution in [0.3, 0.4) is 0 Å². The van der Waals surface area contributed by atoms with Crippen molar-refractivity contribution in [3.8, 4) is 17.6 Å². The second-order valence-corrected chi connectivity index (χ2v) is 15.9. The SMILES string of the molecule is CC(=O)N1CCN(c2ccc(OCC#Cc3cnc(N4CCC5(CC4)Cc4ccccc4[C@H]5N[S+]([O-])C(C)(C)C)c(CO)n3)cc2)CC1. The van der Waals surface area contributed by atoms with Crippen molar-refractivity contribution in [3.05, 3.63) is 77.2 Å². The van der Waals surface area contributed by atoms with Crippen LogP contribution in [0.15, 0.2) is 54.7 Å². The zero-order valence-electron chi connectivity index (χ0n) is 28.4. The van der Waals surface area contributed by atoms with Crippen LogP contribution in [0.2, 0.25) is 0 Å². The Hall–Kier alpha value is -3.82. The number of amides is 1. The average Bonchev–Trinajstić information content (AvgIpc) is 3.38. The lowest BCUT2D eigenvalue weighted by Gasteiger charge is -2.44. The van der Waals surface area contributed by atoms with Gasteiger partial charge in [-0.15, -0.1) is 4.72 Å². The lowest BCUT2D eigenvalue weighted by atomic mass is 9.73. The second kappa shape index (κ2) is 14.3. The molecule has 48 heavy (non-hydrogen) atoms. The van der Waals surface area contributed by atoms with Crippen LogP contribution in [-0.4, -0.2) is 81.1 Å². The van der Waals surface area contributed by atoms with E-state index in [0.717, 1.165) is 70.0 Å². The van der Waals surface area contributed by atoms with Crippen LogP contribution in [-0.2, 0) is 29.2 Å². The highest BCUT2D eigenvalue weighted by Gasteiger charge is 2.50. The third kappa shape index (κ3) is 7.42. The summed E-state index contributed by atoms with van der Waals surface area (Å²) < 4.78 is 22.2. The number of nitrogens with zero attached hydrogens (tertiary/aromatic N) is 5. The molecule has 2 fully saturated rings. The van der Waals surface area contributed by atoms with Crippen molar-refractivity contribution in [2.75, 3.05) is 55.7 Å². The number of carbonyl (C=O) groups is 1. The van der Waals surface area contributed by atoms with Crippen LogP contribution in [0.4, 0.5) is 11.5 Å². The molecule has 2 saturated heterocycles. The molecule has 1 amide bonds. The zero-order chi connectivity index (χ0) is 33.9. The Labute approximate surface area is 287 Å². The van der Waals surface area contributed by atoms with Gasteiger partial charge in [0, 0.05) is 68.7 Å². The molecule has 3 heterocycles. The lowest BCUT2D eigenvalue weighted by Crippen LogP contribution is -2.50. The Morgan fingerprint density at radius 3 is 2.44 bits per heavy atom. The van der Waals surface area contributed by atoms with Crippen molar-refractivity contribution in [3.63, 3.8) is 0 Å². The first-order valence-corrected chi connectivity index (χ1v) is 17.9. The van der Waals surface area contributed by atoms with Gasteiger partial charge in [-0.1, -0.05) is 30.2 Å². The molecular weight excluding hydrogens is 625 g/mol. The predicted molar refractivity (Wildman–Crippen MR) is 189 cm³/mol. The number of rotatable bonds is 7. The summed E-state index contributed by atoms with van der Waals surface area (Å²) in [7, 11) is 0. The summed E-state index contributed by atoms with van der Waals surface area (Å²) in [5.41, 5.74) is 4.65. The normalized spacial score (nSPS) is 19.5. The van der Waals surface area contributed by atoms with Gasteiger partial charge in [0.25, 0.3) is 0 Å². The van der Waals surface area contributed by atoms with E-state index in [4.69, 9.17) is 9.72 Å². The topological polar surface area (TPSA) is 117 Å². The first-order chi connectivity index (χ1) is 23.1. The first-order valence-electron chi connectivity index (χ1n) is 16.8. The fourth-order valence-corrected chi connectivity index (χ4v) is 7.96. The Balaban J connectivity index is 1.05. The molecule has 2 N–H and O–H groups in total. The van der Waals surface area contributed by atoms with Crippen LogP contribution in [0.1, 0.15) is 69.1 Å². The number of piperidine rings is 1. The fraction of sp³-hybridized carbons (Fsp3) is 0.486. The van der Waals surface area contributed by atoms with E-state index in [1.807, 2.05) is 49.9 Å². The molecule has 2 atom stereocenters. The molecule has 1 spiro atoms. The molecule has 11 heteroatoms. The summed E-state index contributed by atoms with van der Waals surface area (Å²) in [5, 5.41) is 10.2. The molecule has 0 saturated carbocycles. The van der Waals surface area contributed by atoms with E-state index in [9.17, 15) is 14.5 Å². The number of fused-ring (bicyclic) bond motifs is 1. The molecular formula is C37H46N6O4S. The Morgan fingerprint density at radius 2 is 1.77 bits per heavy atom. The number of benzene rings is 2. The van der Waals surface area contributed by atoms with Gasteiger partial charge in [-0.2, -0.15) is 0 Å². The Bertz CT molecular complexity index is 1650. The van der Waals surface area contributed by atoms with Crippen LogP contribution in [0.5, 0.6) is 5.75 Å². The molecule has 1 aromatic heterocycles. The molecule has 254 valence electrons. The minimum atomic E-state index is -1.19. The number of aromatic nitrogens is 2. The summed E-state index contributed by atoms with van der Waals surface area (Å²) in [6.45, 7) is 12.2. The second-order valence-electron chi connectivity index (χ2n) is 13.9. The molecule has 10 nitrogen and oxygen atoms in total. The number of ether oxygens (including phenoxy) is 1. The van der Waals surface area contributed by atoms with E-state index >= 15 is 0 Å². The number of hydrogen-bond acceptors (Lipinski definition) is 9. The van der Waals surface area contributed by atoms with Gasteiger partial charge in [-0.3, -0.25) is 4.79 Å². The molecule has 0 radical (unpaired) electrons. The fourth-order valence-electron chi connectivity index (χ4n) is 7.02. The van der Waals surface area contributed by atoms with Gasteiger partial charge in [0.1, 0.15) is 28.5 Å². The highest BCUT2D eigenvalue weighted by Crippen LogP contribution is 2.53. The van der Waals surface area contributed by atoms with Crippen LogP contribution >= 0.6 is 0 Å². The van der Waals surface area contributed by atoms with Crippen LogP contribution in [0.25, 0.3) is 0 Å². The highest BCUT2D eigenvalue weighted by atomic mass is 32.2. The van der Waals surface area contributed by atoms with Crippen molar-refractivity contribution >= 4 is 28.8 Å². The standard InChI is InChI=1S/C37H46N6O4S/c1-27(45)41-19-21-42(22-20-41)30-11-13-31(14-12-30)47-23-7-9-29-25-38-35(33(26-44)39-29)43-17-15-37(16-18-43)24-28-8-5-6-10-32(28)34(37)40-48(46)36(2,3)4/h5-6,8,10-14,25,34,40,44H,15-24,26H2,1-4H3/t34-,48?/m1/s1. The van der Waals surface area contributed by atoms with Gasteiger partial charge >= 0.3 is 0 Å². The summed E-state index contributed by atoms with van der Waals surface area (Å²) in [4.78, 5) is 27.3. The third-order valence-corrected chi connectivity index (χ3v) is 11.3. The maximum absolute atomic E-state index is 13.2. The molecule has 3 aliphatic rings. The quantitative estimate of drug-likeness (QED) is 0.284. The number of anilines is 2. The molecule has 2 aromatic carbocycles. The van der Waals surface area contributed by atoms with E-state index in [1.54, 1.807) is 13.1 Å². The van der Waals surface area contributed by atoms with Gasteiger partial charge in [0.15, 0.2) is 5.82 Å². The molecule has 1 aliphatic carbocycles. The maximum Gasteiger partial charge on any atom is 0.219 e. The minimum absolute atomic E-state index is 0.0203. The summed E-state index contributed by atoms with van der Waals surface area (Å²) in [6.07, 6.45) is 4.43. The van der Waals surface area contributed by atoms with E-state index in [2.05, 4.69) is 55.6 Å². The monoisotopic (exact) mass is 670 g/mol. The largest absolute Gasteiger partial charge is 0.598 e. The zero-order valence-corrected chi connectivity index (χ0v) is 29.2. The Morgan fingerprint density at radius 1 is 1.06 bits per heavy atom. The minimum Gasteiger partial charge on any atom is -0.598 e. The molecule has 2 aliphatic heterocycles. The molecule has 0 bridgehead atoms. The van der Waals surface area contributed by atoms with Crippen LogP contribution in [0, 0.1) is 17.3 Å². The van der Waals surface area contributed by atoms with Gasteiger partial charge in [-0.05, 0) is 81.3 Å². The number of piperazine rings is 1. The van der Waals surface area contributed by atoms with E-state index < -0.39 is 11.4 Å². The smallest absolute Gasteiger partial charge is 0.219 e. The summed E-state index contributed by atoms with van der Waals surface area (Å²) >= 11 is -1.19. The number of nitrogens with one attached hydrogen (secondary N) is 1. The van der Waals surface area contributed by atoms with Crippen molar-refractivity contribution in [2.45, 2.75) is 64.4 Å². The average molecular weight is 671 g/mol. The van der Waals surface area contributed by atoms with E-state index in [-0.39, 0.29) is 35.3 Å². The van der Waals surface area contributed by atoms with Gasteiger partial charge in [-0.25, -0.2) is 9.97 Å². The summed E-state index contributed by atoms with van der Waals surface area (Å²) in [5.74, 6) is 7.58. The van der Waals surface area contributed by atoms with Crippen LogP contribution < -0.4 is 19.3 Å². The van der Waals surface area contributed by atoms with E-state index in [1.165, 1.54) is 11.1 Å². The molecule has 6 rings (SSSR count).